The predicted octanol–water partition coefficient (Wildman–Crippen LogP) is 3.85. The van der Waals surface area contributed by atoms with E-state index < -0.39 is 6.04 Å². The first kappa shape index (κ1) is 20.5. The van der Waals surface area contributed by atoms with Crippen LogP contribution in [-0.4, -0.2) is 64.4 Å². The van der Waals surface area contributed by atoms with Gasteiger partial charge in [-0.3, -0.25) is 9.69 Å². The summed E-state index contributed by atoms with van der Waals surface area (Å²) in [6.07, 6.45) is 0.804. The molecule has 166 valence electrons. The van der Waals surface area contributed by atoms with Crippen molar-refractivity contribution in [1.29, 1.82) is 0 Å². The molecule has 1 aliphatic carbocycles. The Balaban J connectivity index is 1.27. The van der Waals surface area contributed by atoms with Gasteiger partial charge in [0.2, 0.25) is 0 Å². The minimum absolute atomic E-state index is 0.0804. The molecule has 2 saturated heterocycles. The zero-order valence-electron chi connectivity index (χ0n) is 18.4. The molecule has 7 heteroatoms. The number of piperazine rings is 1. The summed E-state index contributed by atoms with van der Waals surface area (Å²) in [7, 11) is 0. The van der Waals surface area contributed by atoms with Crippen LogP contribution in [0.25, 0.3) is 0 Å². The normalized spacial score (nSPS) is 24.7. The Morgan fingerprint density at radius 1 is 1.00 bits per heavy atom. The van der Waals surface area contributed by atoms with Crippen LogP contribution in [0.1, 0.15) is 43.2 Å². The van der Waals surface area contributed by atoms with Gasteiger partial charge in [-0.05, 0) is 29.5 Å². The number of para-hydroxylation sites is 1. The summed E-state index contributed by atoms with van der Waals surface area (Å²) in [6.45, 7) is 5.17. The number of amides is 5. The van der Waals surface area contributed by atoms with Crippen molar-refractivity contribution in [1.82, 2.24) is 14.7 Å². The Bertz CT molecular complexity index is 1050. The summed E-state index contributed by atoms with van der Waals surface area (Å²) in [5, 5.41) is 3.00. The lowest BCUT2D eigenvalue weighted by molar-refractivity contribution is -0.129. The molecule has 5 rings (SSSR count). The zero-order valence-corrected chi connectivity index (χ0v) is 18.4. The van der Waals surface area contributed by atoms with Crippen molar-refractivity contribution in [2.24, 2.45) is 0 Å². The maximum atomic E-state index is 13.2. The molecule has 2 heterocycles. The van der Waals surface area contributed by atoms with Gasteiger partial charge in [-0.25, -0.2) is 9.59 Å². The number of fused-ring (bicyclic) bond motifs is 1. The average molecular weight is 433 g/mol. The molecule has 32 heavy (non-hydrogen) atoms. The van der Waals surface area contributed by atoms with Crippen molar-refractivity contribution in [3.05, 3.63) is 65.7 Å². The minimum Gasteiger partial charge on any atom is -0.320 e. The Hall–Kier alpha value is -3.35. The first-order valence-electron chi connectivity index (χ1n) is 11.3. The van der Waals surface area contributed by atoms with Gasteiger partial charge in [-0.15, -0.1) is 0 Å². The van der Waals surface area contributed by atoms with Crippen LogP contribution in [0.5, 0.6) is 0 Å². The number of carbonyl (C=O) groups is 3. The van der Waals surface area contributed by atoms with Crippen LogP contribution in [0.2, 0.25) is 0 Å². The molecular formula is C25H28N4O3. The maximum Gasteiger partial charge on any atom is 0.327 e. The van der Waals surface area contributed by atoms with Crippen LogP contribution >= 0.6 is 0 Å². The van der Waals surface area contributed by atoms with Crippen molar-refractivity contribution in [2.75, 3.05) is 25.0 Å². The minimum atomic E-state index is -0.598. The van der Waals surface area contributed by atoms with Crippen LogP contribution < -0.4 is 5.32 Å². The van der Waals surface area contributed by atoms with Gasteiger partial charge in [0.15, 0.2) is 0 Å². The Kier molecular flexibility index (Phi) is 5.12. The van der Waals surface area contributed by atoms with Gasteiger partial charge >= 0.3 is 12.1 Å². The standard InChI is InChI=1S/C25H28N4O3/c1-16(2)18-10-6-7-11-20(18)26-24(31)27-12-13-28-22(15-27)23(30)29(25(28)32)21-14-19(21)17-8-4-3-5-9-17/h3-11,16,19,21-22H,12-15H2,1-2H3,(H,26,31). The molecule has 1 saturated carbocycles. The fourth-order valence-corrected chi connectivity index (χ4v) is 4.94. The fourth-order valence-electron chi connectivity index (χ4n) is 4.94. The highest BCUT2D eigenvalue weighted by atomic mass is 16.2. The Labute approximate surface area is 188 Å². The number of benzene rings is 2. The number of anilines is 1. The van der Waals surface area contributed by atoms with E-state index in [1.54, 1.807) is 9.80 Å². The van der Waals surface area contributed by atoms with Crippen LogP contribution in [0.4, 0.5) is 15.3 Å². The summed E-state index contributed by atoms with van der Waals surface area (Å²) in [4.78, 5) is 43.9. The molecule has 3 aliphatic rings. The van der Waals surface area contributed by atoms with Crippen molar-refractivity contribution in [3.8, 4) is 0 Å². The highest BCUT2D eigenvalue weighted by Crippen LogP contribution is 2.46. The molecule has 2 aliphatic heterocycles. The molecule has 3 fully saturated rings. The average Bonchev–Trinajstić information content (AvgIpc) is 3.55. The Morgan fingerprint density at radius 3 is 2.47 bits per heavy atom. The summed E-state index contributed by atoms with van der Waals surface area (Å²) < 4.78 is 0. The third kappa shape index (κ3) is 3.51. The van der Waals surface area contributed by atoms with Gasteiger partial charge < -0.3 is 15.1 Å². The third-order valence-corrected chi connectivity index (χ3v) is 6.78. The molecule has 3 atom stereocenters. The molecule has 1 N–H and O–H groups in total. The molecule has 7 nitrogen and oxygen atoms in total. The molecule has 5 amide bonds. The van der Waals surface area contributed by atoms with Crippen molar-refractivity contribution >= 4 is 23.7 Å². The molecule has 0 spiro atoms. The van der Waals surface area contributed by atoms with Crippen LogP contribution in [0, 0.1) is 0 Å². The number of urea groups is 2. The van der Waals surface area contributed by atoms with E-state index in [2.05, 4.69) is 19.2 Å². The number of nitrogens with zero attached hydrogens (tertiary/aromatic N) is 3. The number of carbonyl (C=O) groups excluding carboxylic acids is 3. The van der Waals surface area contributed by atoms with Crippen molar-refractivity contribution in [2.45, 2.75) is 44.2 Å². The third-order valence-electron chi connectivity index (χ3n) is 6.78. The quantitative estimate of drug-likeness (QED) is 0.746. The van der Waals surface area contributed by atoms with Crippen LogP contribution in [-0.2, 0) is 4.79 Å². The smallest absolute Gasteiger partial charge is 0.320 e. The van der Waals surface area contributed by atoms with Gasteiger partial charge in [0.1, 0.15) is 6.04 Å². The SMILES string of the molecule is CC(C)c1ccccc1NC(=O)N1CCN2C(=O)N(C3CC3c3ccccc3)C(=O)C2C1. The summed E-state index contributed by atoms with van der Waals surface area (Å²) >= 11 is 0. The van der Waals surface area contributed by atoms with Gasteiger partial charge in [0.25, 0.3) is 5.91 Å². The van der Waals surface area contributed by atoms with Gasteiger partial charge in [0.05, 0.1) is 6.54 Å². The van der Waals surface area contributed by atoms with E-state index in [0.717, 1.165) is 23.2 Å². The highest BCUT2D eigenvalue weighted by Gasteiger charge is 2.56. The number of hydrogen-bond donors (Lipinski definition) is 1. The Morgan fingerprint density at radius 2 is 1.72 bits per heavy atom. The molecular weight excluding hydrogens is 404 g/mol. The second-order valence-corrected chi connectivity index (χ2v) is 9.14. The van der Waals surface area contributed by atoms with Crippen LogP contribution in [0.15, 0.2) is 54.6 Å². The molecule has 0 aromatic heterocycles. The predicted molar refractivity (Wildman–Crippen MR) is 121 cm³/mol. The fraction of sp³-hybridized carbons (Fsp3) is 0.400. The summed E-state index contributed by atoms with van der Waals surface area (Å²) in [5.41, 5.74) is 3.01. The van der Waals surface area contributed by atoms with E-state index in [4.69, 9.17) is 0 Å². The summed E-state index contributed by atoms with van der Waals surface area (Å²) in [5.74, 6) is 0.304. The lowest BCUT2D eigenvalue weighted by atomic mass is 10.0. The monoisotopic (exact) mass is 432 g/mol. The van der Waals surface area contributed by atoms with E-state index in [9.17, 15) is 14.4 Å². The number of imide groups is 1. The van der Waals surface area contributed by atoms with Crippen LogP contribution in [0.3, 0.4) is 0 Å². The largest absolute Gasteiger partial charge is 0.327 e. The summed E-state index contributed by atoms with van der Waals surface area (Å²) in [6, 6.07) is 16.7. The molecule has 2 aromatic rings. The lowest BCUT2D eigenvalue weighted by Crippen LogP contribution is -2.55. The van der Waals surface area contributed by atoms with Crippen molar-refractivity contribution < 1.29 is 14.4 Å². The molecule has 2 aromatic carbocycles. The van der Waals surface area contributed by atoms with E-state index in [1.807, 2.05) is 54.6 Å². The number of nitrogens with one attached hydrogen (secondary N) is 1. The first-order chi connectivity index (χ1) is 15.5. The van der Waals surface area contributed by atoms with Gasteiger partial charge in [0, 0.05) is 30.7 Å². The number of rotatable bonds is 4. The lowest BCUT2D eigenvalue weighted by Gasteiger charge is -2.35. The molecule has 3 unspecified atom stereocenters. The first-order valence-corrected chi connectivity index (χ1v) is 11.3. The van der Waals surface area contributed by atoms with E-state index in [1.165, 1.54) is 4.90 Å². The van der Waals surface area contributed by atoms with Gasteiger partial charge in [-0.2, -0.15) is 0 Å². The van der Waals surface area contributed by atoms with Gasteiger partial charge in [-0.1, -0.05) is 62.4 Å². The second kappa shape index (κ2) is 7.97. The number of hydrogen-bond acceptors (Lipinski definition) is 3. The van der Waals surface area contributed by atoms with Crippen molar-refractivity contribution in [3.63, 3.8) is 0 Å². The maximum absolute atomic E-state index is 13.2. The highest BCUT2D eigenvalue weighted by molar-refractivity contribution is 6.05. The zero-order chi connectivity index (χ0) is 22.4. The molecule has 0 radical (unpaired) electrons. The topological polar surface area (TPSA) is 73.0 Å². The molecule has 0 bridgehead atoms. The van der Waals surface area contributed by atoms with E-state index >= 15 is 0 Å². The van der Waals surface area contributed by atoms with E-state index in [-0.39, 0.29) is 42.4 Å². The van der Waals surface area contributed by atoms with E-state index in [0.29, 0.717) is 13.1 Å². The second-order valence-electron chi connectivity index (χ2n) is 9.14.